The van der Waals surface area contributed by atoms with Crippen LogP contribution in [0.5, 0.6) is 0 Å². The molecular weight excluding hydrogens is 240 g/mol. The monoisotopic (exact) mass is 252 g/mol. The molecule has 17 heavy (non-hydrogen) atoms. The van der Waals surface area contributed by atoms with E-state index < -0.39 is 15.8 Å². The lowest BCUT2D eigenvalue weighted by molar-refractivity contribution is 0.0696. The van der Waals surface area contributed by atoms with E-state index in [1.807, 2.05) is 0 Å². The van der Waals surface area contributed by atoms with Gasteiger partial charge in [0.1, 0.15) is 0 Å². The van der Waals surface area contributed by atoms with Crippen molar-refractivity contribution < 1.29 is 18.3 Å². The minimum Gasteiger partial charge on any atom is -0.478 e. The summed E-state index contributed by atoms with van der Waals surface area (Å²) >= 11 is 0. The number of aromatic carboxylic acids is 1. The summed E-state index contributed by atoms with van der Waals surface area (Å²) < 4.78 is 22.4. The summed E-state index contributed by atoms with van der Waals surface area (Å²) in [4.78, 5) is 10.9. The molecule has 1 rings (SSSR count). The van der Waals surface area contributed by atoms with E-state index in [9.17, 15) is 13.2 Å². The first kappa shape index (κ1) is 13.3. The lowest BCUT2D eigenvalue weighted by Gasteiger charge is -2.08. The van der Waals surface area contributed by atoms with E-state index in [1.165, 1.54) is 12.1 Å². The summed E-state index contributed by atoms with van der Waals surface area (Å²) in [6.07, 6.45) is 6.35. The molecule has 1 aromatic carbocycles. The van der Waals surface area contributed by atoms with E-state index in [-0.39, 0.29) is 11.3 Å². The maximum absolute atomic E-state index is 11.2. The van der Waals surface area contributed by atoms with Crippen LogP contribution in [0.2, 0.25) is 0 Å². The third-order valence-electron chi connectivity index (χ3n) is 2.25. The van der Waals surface area contributed by atoms with Crippen molar-refractivity contribution in [3.8, 4) is 12.3 Å². The van der Waals surface area contributed by atoms with Gasteiger partial charge in [0, 0.05) is 11.8 Å². The number of carboxylic acids is 1. The summed E-state index contributed by atoms with van der Waals surface area (Å²) in [5.41, 5.74) is 1.35. The van der Waals surface area contributed by atoms with E-state index in [0.29, 0.717) is 16.7 Å². The molecule has 90 valence electrons. The number of benzene rings is 1. The molecule has 0 aromatic heterocycles. The second-order valence-corrected chi connectivity index (χ2v) is 5.98. The second kappa shape index (κ2) is 4.60. The molecule has 0 spiro atoms. The summed E-state index contributed by atoms with van der Waals surface area (Å²) in [7, 11) is -3.25. The highest BCUT2D eigenvalue weighted by molar-refractivity contribution is 7.89. The fourth-order valence-corrected chi connectivity index (χ4v) is 2.32. The van der Waals surface area contributed by atoms with Crippen molar-refractivity contribution in [1.29, 1.82) is 0 Å². The summed E-state index contributed by atoms with van der Waals surface area (Å²) in [6.45, 7) is 1.62. The lowest BCUT2D eigenvalue weighted by atomic mass is 10.0. The van der Waals surface area contributed by atoms with E-state index in [1.54, 1.807) is 6.92 Å². The second-order valence-electron chi connectivity index (χ2n) is 3.84. The number of rotatable bonds is 3. The van der Waals surface area contributed by atoms with Gasteiger partial charge in [-0.25, -0.2) is 13.2 Å². The van der Waals surface area contributed by atoms with Gasteiger partial charge in [-0.15, -0.1) is 6.42 Å². The van der Waals surface area contributed by atoms with Crippen LogP contribution in [-0.4, -0.2) is 25.7 Å². The molecule has 0 aliphatic heterocycles. The number of hydrogen-bond acceptors (Lipinski definition) is 3. The van der Waals surface area contributed by atoms with Crippen LogP contribution in [0.25, 0.3) is 0 Å². The Hall–Kier alpha value is -1.80. The molecular formula is C12H12O4S. The summed E-state index contributed by atoms with van der Waals surface area (Å²) in [5, 5.41) is 8.95. The SMILES string of the molecule is C#Cc1cc(C)c(C(=O)O)cc1CS(C)(=O)=O. The Labute approximate surface area is 100 Å². The minimum absolute atomic E-state index is 0.0719. The topological polar surface area (TPSA) is 71.4 Å². The van der Waals surface area contributed by atoms with E-state index in [4.69, 9.17) is 11.5 Å². The molecule has 0 amide bonds. The number of hydrogen-bond donors (Lipinski definition) is 1. The summed E-state index contributed by atoms with van der Waals surface area (Å²) in [6, 6.07) is 2.85. The largest absolute Gasteiger partial charge is 0.478 e. The number of sulfone groups is 1. The van der Waals surface area contributed by atoms with Gasteiger partial charge in [0.05, 0.1) is 11.3 Å². The van der Waals surface area contributed by atoms with Gasteiger partial charge in [-0.05, 0) is 30.2 Å². The third-order valence-corrected chi connectivity index (χ3v) is 3.09. The van der Waals surface area contributed by atoms with Crippen LogP contribution in [0.1, 0.15) is 27.0 Å². The molecule has 0 radical (unpaired) electrons. The molecule has 1 aromatic rings. The van der Waals surface area contributed by atoms with Crippen LogP contribution in [0, 0.1) is 19.3 Å². The van der Waals surface area contributed by atoms with Gasteiger partial charge in [-0.3, -0.25) is 0 Å². The van der Waals surface area contributed by atoms with Gasteiger partial charge in [-0.2, -0.15) is 0 Å². The maximum atomic E-state index is 11.2. The number of terminal acetylenes is 1. The molecule has 5 heteroatoms. The molecule has 1 N–H and O–H groups in total. The number of aryl methyl sites for hydroxylation is 1. The van der Waals surface area contributed by atoms with Crippen molar-refractivity contribution >= 4 is 15.8 Å². The van der Waals surface area contributed by atoms with E-state index >= 15 is 0 Å². The van der Waals surface area contributed by atoms with Gasteiger partial charge in [0.2, 0.25) is 0 Å². The zero-order chi connectivity index (χ0) is 13.2. The van der Waals surface area contributed by atoms with Crippen molar-refractivity contribution in [2.75, 3.05) is 6.26 Å². The predicted molar refractivity (Wildman–Crippen MR) is 64.6 cm³/mol. The summed E-state index contributed by atoms with van der Waals surface area (Å²) in [5.74, 6) is 1.01. The number of carboxylic acid groups (broad SMARTS) is 1. The average molecular weight is 252 g/mol. The Morgan fingerprint density at radius 3 is 2.47 bits per heavy atom. The van der Waals surface area contributed by atoms with Crippen LogP contribution in [0.4, 0.5) is 0 Å². The quantitative estimate of drug-likeness (QED) is 0.821. The van der Waals surface area contributed by atoms with Crippen LogP contribution < -0.4 is 0 Å². The average Bonchev–Trinajstić information content (AvgIpc) is 2.17. The molecule has 0 atom stereocenters. The fraction of sp³-hybridized carbons (Fsp3) is 0.250. The zero-order valence-corrected chi connectivity index (χ0v) is 10.3. The van der Waals surface area contributed by atoms with Gasteiger partial charge < -0.3 is 5.11 Å². The highest BCUT2D eigenvalue weighted by atomic mass is 32.2. The van der Waals surface area contributed by atoms with Gasteiger partial charge in [0.25, 0.3) is 0 Å². The van der Waals surface area contributed by atoms with Crippen molar-refractivity contribution in [2.45, 2.75) is 12.7 Å². The normalized spacial score (nSPS) is 10.9. The molecule has 0 unspecified atom stereocenters. The van der Waals surface area contributed by atoms with Crippen LogP contribution in [0.15, 0.2) is 12.1 Å². The Kier molecular flexibility index (Phi) is 3.59. The van der Waals surface area contributed by atoms with Crippen molar-refractivity contribution in [2.24, 2.45) is 0 Å². The molecule has 0 bridgehead atoms. The third kappa shape index (κ3) is 3.33. The standard InChI is InChI=1S/C12H12O4S/c1-4-9-5-8(2)11(12(13)14)6-10(9)7-17(3,15)16/h1,5-6H,7H2,2-3H3,(H,13,14). The molecule has 0 fully saturated rings. The predicted octanol–water partition coefficient (Wildman–Crippen LogP) is 1.22. The van der Waals surface area contributed by atoms with Gasteiger partial charge >= 0.3 is 5.97 Å². The van der Waals surface area contributed by atoms with Crippen molar-refractivity contribution in [3.63, 3.8) is 0 Å². The molecule has 0 saturated carbocycles. The lowest BCUT2D eigenvalue weighted by Crippen LogP contribution is -2.07. The highest BCUT2D eigenvalue weighted by Crippen LogP contribution is 2.18. The van der Waals surface area contributed by atoms with E-state index in [2.05, 4.69) is 5.92 Å². The van der Waals surface area contributed by atoms with Crippen LogP contribution >= 0.6 is 0 Å². The fourth-order valence-electron chi connectivity index (χ4n) is 1.52. The number of carbonyl (C=O) groups is 1. The van der Waals surface area contributed by atoms with Crippen LogP contribution in [0.3, 0.4) is 0 Å². The first-order valence-electron chi connectivity index (χ1n) is 4.75. The Morgan fingerprint density at radius 1 is 1.47 bits per heavy atom. The van der Waals surface area contributed by atoms with Gasteiger partial charge in [0.15, 0.2) is 9.84 Å². The van der Waals surface area contributed by atoms with E-state index in [0.717, 1.165) is 6.26 Å². The molecule has 0 heterocycles. The molecule has 0 aliphatic carbocycles. The molecule has 0 saturated heterocycles. The minimum atomic E-state index is -3.25. The Morgan fingerprint density at radius 2 is 2.06 bits per heavy atom. The van der Waals surface area contributed by atoms with Crippen molar-refractivity contribution in [1.82, 2.24) is 0 Å². The highest BCUT2D eigenvalue weighted by Gasteiger charge is 2.14. The first-order valence-corrected chi connectivity index (χ1v) is 6.82. The maximum Gasteiger partial charge on any atom is 0.335 e. The molecule has 4 nitrogen and oxygen atoms in total. The van der Waals surface area contributed by atoms with Gasteiger partial charge in [-0.1, -0.05) is 5.92 Å². The first-order chi connectivity index (χ1) is 7.74. The Bertz CT molecular complexity index is 606. The zero-order valence-electron chi connectivity index (χ0n) is 9.52. The molecule has 0 aliphatic rings. The Balaban J connectivity index is 3.43. The van der Waals surface area contributed by atoms with Crippen LogP contribution in [-0.2, 0) is 15.6 Å². The smallest absolute Gasteiger partial charge is 0.335 e. The van der Waals surface area contributed by atoms with Crippen molar-refractivity contribution in [3.05, 3.63) is 34.4 Å².